The topological polar surface area (TPSA) is 219 Å². The van der Waals surface area contributed by atoms with Gasteiger partial charge in [0.2, 0.25) is 11.4 Å². The SMILES string of the molecule is COc1ccc2ccc(Cc3nc(N4CCOCC4)sc3C)cc2c1.Cc1sc(N2CCOCC2)nc1Cc1cc(F)c2ccccc2c1.Cc1sc(N2CCOCC2)nc1Cc1cnc2ccccc2c1.[C-]#[N+]c1c(N2CCOCC2)sc(C(=O)O)c1C(OC)c1ccc2ccccc2c1.[C-]#[N+]c1c(N2CCOCC2)sc(C(=O)O)c1C(c1ccc(Cl)c(Cl)c1)N(C)C. The number of halogens is 3. The lowest BCUT2D eigenvalue weighted by molar-refractivity contribution is 0.0685. The molecule has 31 heteroatoms. The average Bonchev–Trinajstić information content (AvgIpc) is 1.62. The minimum Gasteiger partial charge on any atom is -0.497 e. The Hall–Kier alpha value is -10.8. The molecule has 14 aromatic rings. The molecule has 5 aliphatic rings. The molecule has 2 N–H and O–H groups in total. The summed E-state index contributed by atoms with van der Waals surface area (Å²) in [5, 5.41) is 32.6. The van der Waals surface area contributed by atoms with Crippen molar-refractivity contribution in [1.82, 2.24) is 24.8 Å². The summed E-state index contributed by atoms with van der Waals surface area (Å²) >= 11 is 19.8. The van der Waals surface area contributed by atoms with Crippen LogP contribution in [0.15, 0.2) is 170 Å². The van der Waals surface area contributed by atoms with Crippen molar-refractivity contribution in [3.63, 3.8) is 0 Å². The van der Waals surface area contributed by atoms with Crippen LogP contribution in [-0.4, -0.2) is 207 Å². The van der Waals surface area contributed by atoms with Gasteiger partial charge in [-0.1, -0.05) is 138 Å². The molecule has 668 valence electrons. The van der Waals surface area contributed by atoms with Gasteiger partial charge >= 0.3 is 11.9 Å². The van der Waals surface area contributed by atoms with E-state index in [4.69, 9.17) is 84.5 Å². The lowest BCUT2D eigenvalue weighted by Crippen LogP contribution is -2.36. The molecule has 11 heterocycles. The molecular formula is C98H99Cl2FN12O11S5. The standard InChI is InChI=1S/C22H20N2O4S.C20H22N2O2S.C19H19Cl2N3O3S.C19H19FN2OS.C18H19N3OS/c1-23-18-17(20(22(25)26)29-21(18)24-9-11-28-12-10-24)19(27-2)16-8-7-14-5-3-4-6-15(14)13-16;1-14-19(21-20(25-14)22-7-9-24-10-8-22)12-15-3-4-16-5-6-18(23-2)13-17(16)11-15;1-22-15-14(16(23(2)3)11-4-5-12(20)13(21)10-11)17(19(25)26)28-18(15)24-6-8-27-9-7-24;1-13-18(21-19(24-13)22-6-8-23-9-7-22)12-14-10-15-4-2-3-5-16(15)17(20)11-14;1-13-17(20-18(23-13)21-6-8-22-9-7-21)11-14-10-15-4-2-3-5-16(15)19-12-14/h3-8,13,19H,9-12H2,2H3,(H,25,26);3-6,11,13H,7-10,12H2,1-2H3;4-5,10,16H,6-9H2,2-3H3,(H,25,26);2-5,10-11H,6-9,12H2,1H3;2-5,10,12H,6-9,11H2,1H3. The largest absolute Gasteiger partial charge is 0.497 e. The summed E-state index contributed by atoms with van der Waals surface area (Å²) in [7, 11) is 6.94. The zero-order valence-electron chi connectivity index (χ0n) is 72.7. The maximum atomic E-state index is 14.3. The Labute approximate surface area is 779 Å². The number of hydrogen-bond acceptors (Lipinski definition) is 24. The molecule has 5 saturated heterocycles. The molecule has 5 fully saturated rings. The van der Waals surface area contributed by atoms with Gasteiger partial charge < -0.3 is 67.9 Å². The van der Waals surface area contributed by atoms with E-state index >= 15 is 0 Å². The molecule has 6 aromatic heterocycles. The number of aryl methyl sites for hydroxylation is 3. The molecule has 2 atom stereocenters. The third kappa shape index (κ3) is 22.4. The van der Waals surface area contributed by atoms with Crippen LogP contribution in [0.3, 0.4) is 0 Å². The quantitative estimate of drug-likeness (QED) is 0.0678. The fourth-order valence-electron chi connectivity index (χ4n) is 16.2. The number of methoxy groups -OCH3 is 2. The maximum Gasteiger partial charge on any atom is 0.344 e. The van der Waals surface area contributed by atoms with E-state index in [1.54, 1.807) is 66.4 Å². The number of carboxylic acid groups (broad SMARTS) is 2. The number of aromatic nitrogens is 4. The average molecular weight is 1870 g/mol. The first kappa shape index (κ1) is 92.9. The van der Waals surface area contributed by atoms with Gasteiger partial charge in [-0.2, -0.15) is 0 Å². The highest BCUT2D eigenvalue weighted by atomic mass is 35.5. The number of carbonyl (C=O) groups is 2. The fourth-order valence-corrected chi connectivity index (χ4v) is 21.7. The second-order valence-corrected chi connectivity index (χ2v) is 37.9. The van der Waals surface area contributed by atoms with Crippen molar-refractivity contribution in [2.45, 2.75) is 52.2 Å². The summed E-state index contributed by atoms with van der Waals surface area (Å²) < 4.78 is 52.5. The second-order valence-electron chi connectivity index (χ2n) is 31.5. The van der Waals surface area contributed by atoms with Gasteiger partial charge in [0.1, 0.15) is 21.3 Å². The number of aromatic carboxylic acids is 2. The number of ether oxygens (including phenoxy) is 7. The van der Waals surface area contributed by atoms with Crippen molar-refractivity contribution in [3.8, 4) is 5.75 Å². The van der Waals surface area contributed by atoms with Crippen molar-refractivity contribution in [2.75, 3.05) is 184 Å². The van der Waals surface area contributed by atoms with Crippen LogP contribution in [0.25, 0.3) is 52.9 Å². The van der Waals surface area contributed by atoms with E-state index in [0.29, 0.717) is 107 Å². The summed E-state index contributed by atoms with van der Waals surface area (Å²) in [6.07, 6.45) is 3.69. The molecule has 0 saturated carbocycles. The van der Waals surface area contributed by atoms with Gasteiger partial charge in [0.15, 0.2) is 15.4 Å². The summed E-state index contributed by atoms with van der Waals surface area (Å²) in [6, 6.07) is 53.2. The minimum atomic E-state index is -1.05. The van der Waals surface area contributed by atoms with Crippen LogP contribution >= 0.6 is 79.9 Å². The number of benzene rings is 8. The van der Waals surface area contributed by atoms with Crippen LogP contribution in [-0.2, 0) is 47.7 Å². The summed E-state index contributed by atoms with van der Waals surface area (Å²) in [4.78, 5) is 67.7. The van der Waals surface area contributed by atoms with Crippen molar-refractivity contribution >= 4 is 172 Å². The number of rotatable bonds is 20. The molecule has 8 aromatic carbocycles. The molecule has 0 radical (unpaired) electrons. The molecule has 2 unspecified atom stereocenters. The van der Waals surface area contributed by atoms with E-state index < -0.39 is 24.1 Å². The summed E-state index contributed by atoms with van der Waals surface area (Å²) in [6.45, 7) is 36.9. The van der Waals surface area contributed by atoms with E-state index in [-0.39, 0.29) is 15.6 Å². The highest BCUT2D eigenvalue weighted by molar-refractivity contribution is 7.19. The Kier molecular flexibility index (Phi) is 31.5. The Bertz CT molecular complexity index is 6380. The Morgan fingerprint density at radius 3 is 1.42 bits per heavy atom. The molecule has 0 amide bonds. The highest BCUT2D eigenvalue weighted by Gasteiger charge is 2.36. The van der Waals surface area contributed by atoms with Crippen molar-refractivity contribution in [3.05, 3.63) is 289 Å². The number of carboxylic acids is 2. The number of para-hydroxylation sites is 1. The fraction of sp³-hybridized carbons (Fsp3) is 0.327. The lowest BCUT2D eigenvalue weighted by Gasteiger charge is -2.29. The molecule has 5 aliphatic heterocycles. The van der Waals surface area contributed by atoms with Crippen LogP contribution in [0.2, 0.25) is 10.0 Å². The van der Waals surface area contributed by atoms with Crippen LogP contribution in [0, 0.1) is 39.7 Å². The van der Waals surface area contributed by atoms with E-state index in [0.717, 1.165) is 185 Å². The van der Waals surface area contributed by atoms with Gasteiger partial charge in [-0.05, 0) is 138 Å². The van der Waals surface area contributed by atoms with Crippen molar-refractivity contribution < 1.29 is 57.4 Å². The maximum absolute atomic E-state index is 14.3. The number of pyridine rings is 1. The van der Waals surface area contributed by atoms with E-state index in [1.807, 2.05) is 126 Å². The predicted molar refractivity (Wildman–Crippen MR) is 520 cm³/mol. The number of fused-ring (bicyclic) bond motifs is 4. The normalized spacial score (nSPS) is 15.2. The minimum absolute atomic E-state index is 0.150. The van der Waals surface area contributed by atoms with Crippen LogP contribution in [0.5, 0.6) is 5.75 Å². The molecular weight excluding hydrogens is 1770 g/mol. The molecule has 23 nitrogen and oxygen atoms in total. The van der Waals surface area contributed by atoms with E-state index in [2.05, 4.69) is 105 Å². The third-order valence-corrected chi connectivity index (χ3v) is 29.3. The zero-order chi connectivity index (χ0) is 90.2. The predicted octanol–water partition coefficient (Wildman–Crippen LogP) is 21.2. The second kappa shape index (κ2) is 43.7. The molecule has 0 bridgehead atoms. The van der Waals surface area contributed by atoms with Gasteiger partial charge in [-0.3, -0.25) is 9.88 Å². The van der Waals surface area contributed by atoms with E-state index in [9.17, 15) is 24.2 Å². The number of morpholine rings is 5. The summed E-state index contributed by atoms with van der Waals surface area (Å²) in [5.74, 6) is -1.36. The zero-order valence-corrected chi connectivity index (χ0v) is 78.3. The first-order valence-electron chi connectivity index (χ1n) is 42.5. The van der Waals surface area contributed by atoms with Crippen molar-refractivity contribution in [2.24, 2.45) is 0 Å². The van der Waals surface area contributed by atoms with Crippen LogP contribution in [0.1, 0.15) is 102 Å². The van der Waals surface area contributed by atoms with Crippen molar-refractivity contribution in [1.29, 1.82) is 0 Å². The number of anilines is 5. The van der Waals surface area contributed by atoms with E-state index in [1.165, 1.54) is 47.6 Å². The Balaban J connectivity index is 0.000000124. The number of thiazole rings is 3. The lowest BCUT2D eigenvalue weighted by atomic mass is 9.96. The molecule has 129 heavy (non-hydrogen) atoms. The van der Waals surface area contributed by atoms with Gasteiger partial charge in [0.05, 0.1) is 141 Å². The molecule has 0 aliphatic carbocycles. The van der Waals surface area contributed by atoms with Gasteiger partial charge in [-0.15, -0.1) is 56.7 Å². The summed E-state index contributed by atoms with van der Waals surface area (Å²) in [5.41, 5.74) is 11.1. The first-order chi connectivity index (χ1) is 62.7. The number of nitrogens with zero attached hydrogens (tertiary/aromatic N) is 12. The Morgan fingerprint density at radius 2 is 0.907 bits per heavy atom. The highest BCUT2D eigenvalue weighted by Crippen LogP contribution is 2.51. The monoisotopic (exact) mass is 1870 g/mol. The van der Waals surface area contributed by atoms with Crippen LogP contribution in [0.4, 0.5) is 41.2 Å². The third-order valence-electron chi connectivity index (χ3n) is 22.9. The van der Waals surface area contributed by atoms with Gasteiger partial charge in [0, 0.05) is 135 Å². The number of hydrogen-bond donors (Lipinski definition) is 2. The smallest absolute Gasteiger partial charge is 0.344 e. The van der Waals surface area contributed by atoms with Gasteiger partial charge in [-0.25, -0.2) is 38.6 Å². The molecule has 0 spiro atoms. The van der Waals surface area contributed by atoms with Crippen LogP contribution < -0.4 is 29.2 Å². The number of thiophene rings is 2. The Morgan fingerprint density at radius 1 is 0.473 bits per heavy atom. The molecule has 19 rings (SSSR count). The first-order valence-corrected chi connectivity index (χ1v) is 47.3. The van der Waals surface area contributed by atoms with Gasteiger partial charge in [0.25, 0.3) is 0 Å².